The van der Waals surface area contributed by atoms with Gasteiger partial charge in [-0.05, 0) is 30.9 Å². The molecule has 0 atom stereocenters. The highest BCUT2D eigenvalue weighted by Gasteiger charge is 2.12. The Kier molecular flexibility index (Phi) is 8.63. The third-order valence-corrected chi connectivity index (χ3v) is 4.18. The van der Waals surface area contributed by atoms with Gasteiger partial charge >= 0.3 is 11.4 Å². The summed E-state index contributed by atoms with van der Waals surface area (Å²) in [6.07, 6.45) is 3.43. The largest absolute Gasteiger partial charge is 0.422 e. The fourth-order valence-corrected chi connectivity index (χ4v) is 2.76. The number of aromatic nitrogens is 1. The summed E-state index contributed by atoms with van der Waals surface area (Å²) in [7, 11) is 0. The van der Waals surface area contributed by atoms with Crippen molar-refractivity contribution in [2.24, 2.45) is 5.92 Å². The Hall–Kier alpha value is -1.07. The maximum Gasteiger partial charge on any atom is 0.422 e. The molecule has 1 heterocycles. The Morgan fingerprint density at radius 2 is 2.00 bits per heavy atom. The zero-order valence-corrected chi connectivity index (χ0v) is 16.1. The molecule has 0 radical (unpaired) electrons. The number of nitrogens with zero attached hydrogens (tertiary/aromatic N) is 1. The van der Waals surface area contributed by atoms with Crippen LogP contribution in [0.3, 0.4) is 0 Å². The van der Waals surface area contributed by atoms with E-state index in [4.69, 9.17) is 16.0 Å². The molecule has 0 N–H and O–H groups in total. The van der Waals surface area contributed by atoms with E-state index >= 15 is 0 Å². The average molecular weight is 405 g/mol. The van der Waals surface area contributed by atoms with E-state index in [0.29, 0.717) is 23.0 Å². The zero-order valence-electron chi connectivity index (χ0n) is 13.8. The van der Waals surface area contributed by atoms with E-state index in [1.807, 2.05) is 0 Å². The summed E-state index contributed by atoms with van der Waals surface area (Å²) in [5, 5.41) is 1.73. The number of halogens is 2. The number of benzene rings is 1. The van der Waals surface area contributed by atoms with Gasteiger partial charge in [-0.1, -0.05) is 60.8 Å². The molecule has 6 heteroatoms. The Balaban J connectivity index is 0.000000463. The van der Waals surface area contributed by atoms with Crippen molar-refractivity contribution in [3.05, 3.63) is 44.2 Å². The Labute approximate surface area is 149 Å². The summed E-state index contributed by atoms with van der Waals surface area (Å²) < 4.78 is 6.16. The number of aryl methyl sites for hydroxylation is 1. The lowest BCUT2D eigenvalue weighted by Gasteiger charge is -2.10. The van der Waals surface area contributed by atoms with Crippen LogP contribution < -0.4 is 11.4 Å². The molecule has 128 valence electrons. The average Bonchev–Trinajstić information content (AvgIpc) is 2.47. The van der Waals surface area contributed by atoms with Gasteiger partial charge in [0, 0.05) is 11.9 Å². The molecule has 0 aliphatic carbocycles. The maximum absolute atomic E-state index is 11.7. The van der Waals surface area contributed by atoms with Crippen LogP contribution in [0.2, 0.25) is 5.02 Å². The van der Waals surface area contributed by atoms with Gasteiger partial charge in [0.15, 0.2) is 0 Å². The second-order valence-electron chi connectivity index (χ2n) is 5.67. The van der Waals surface area contributed by atoms with Crippen molar-refractivity contribution >= 4 is 38.4 Å². The molecular formula is C17H23BrClNO3. The summed E-state index contributed by atoms with van der Waals surface area (Å²) in [6.45, 7) is 6.83. The normalized spacial score (nSPS) is 10.7. The van der Waals surface area contributed by atoms with Crippen LogP contribution in [-0.2, 0) is 6.54 Å². The third-order valence-electron chi connectivity index (χ3n) is 3.30. The van der Waals surface area contributed by atoms with Crippen molar-refractivity contribution in [1.29, 1.82) is 0 Å². The van der Waals surface area contributed by atoms with Gasteiger partial charge in [0.05, 0.1) is 10.5 Å². The molecule has 2 rings (SSSR count). The number of rotatable bonds is 5. The molecule has 1 aromatic heterocycles. The van der Waals surface area contributed by atoms with Crippen LogP contribution in [0.25, 0.3) is 10.9 Å². The first-order valence-electron chi connectivity index (χ1n) is 7.80. The van der Waals surface area contributed by atoms with E-state index < -0.39 is 11.4 Å². The van der Waals surface area contributed by atoms with Gasteiger partial charge in [-0.2, -0.15) is 0 Å². The lowest BCUT2D eigenvalue weighted by molar-refractivity contribution is 0.400. The lowest BCUT2D eigenvalue weighted by Crippen LogP contribution is -2.25. The van der Waals surface area contributed by atoms with E-state index in [9.17, 15) is 9.59 Å². The van der Waals surface area contributed by atoms with E-state index in [2.05, 4.69) is 36.7 Å². The van der Waals surface area contributed by atoms with Crippen molar-refractivity contribution in [1.82, 2.24) is 4.57 Å². The molecule has 4 nitrogen and oxygen atoms in total. The predicted octanol–water partition coefficient (Wildman–Crippen LogP) is 4.84. The number of unbranched alkanes of at least 4 members (excludes halogenated alkanes) is 1. The topological polar surface area (TPSA) is 52.2 Å². The minimum Gasteiger partial charge on any atom is -0.372 e. The number of fused-ring (bicyclic) bond motifs is 1. The molecule has 0 saturated heterocycles. The van der Waals surface area contributed by atoms with Gasteiger partial charge in [0.2, 0.25) is 0 Å². The summed E-state index contributed by atoms with van der Waals surface area (Å²) in [5.74, 6) is -0.173. The molecule has 0 aliphatic heterocycles. The second-order valence-corrected chi connectivity index (χ2v) is 6.87. The fraction of sp³-hybridized carbons (Fsp3) is 0.529. The van der Waals surface area contributed by atoms with Gasteiger partial charge in [-0.3, -0.25) is 4.57 Å². The van der Waals surface area contributed by atoms with Gasteiger partial charge in [-0.25, -0.2) is 9.59 Å². The number of alkyl halides is 1. The van der Waals surface area contributed by atoms with Crippen molar-refractivity contribution in [3.63, 3.8) is 0 Å². The minimum atomic E-state index is -0.679. The molecule has 0 fully saturated rings. The lowest BCUT2D eigenvalue weighted by atomic mass is 10.1. The minimum absolute atomic E-state index is 0.266. The van der Waals surface area contributed by atoms with Crippen molar-refractivity contribution in [2.75, 3.05) is 5.33 Å². The Morgan fingerprint density at radius 1 is 1.30 bits per heavy atom. The standard InChI is InChI=1S/C13H14ClNO3.C4H9Br/c1-8(2)6-7-15-10-5-3-4-9(14)11(10)12(16)18-13(15)17;1-2-3-4-5/h3-5,8H,6-7H2,1-2H3;2-4H2,1H3. The van der Waals surface area contributed by atoms with Crippen LogP contribution in [-0.4, -0.2) is 9.90 Å². The maximum atomic E-state index is 11.7. The van der Waals surface area contributed by atoms with Crippen LogP contribution in [0.15, 0.2) is 32.2 Å². The Bertz CT molecular complexity index is 735. The van der Waals surface area contributed by atoms with E-state index in [0.717, 1.165) is 11.8 Å². The van der Waals surface area contributed by atoms with Crippen LogP contribution in [0.5, 0.6) is 0 Å². The first-order valence-corrected chi connectivity index (χ1v) is 9.30. The highest BCUT2D eigenvalue weighted by Crippen LogP contribution is 2.19. The molecule has 0 spiro atoms. The number of hydrogen-bond acceptors (Lipinski definition) is 3. The second kappa shape index (κ2) is 9.93. The third kappa shape index (κ3) is 5.81. The van der Waals surface area contributed by atoms with Gasteiger partial charge in [-0.15, -0.1) is 0 Å². The highest BCUT2D eigenvalue weighted by atomic mass is 79.9. The van der Waals surface area contributed by atoms with Crippen LogP contribution in [0, 0.1) is 5.92 Å². The molecule has 0 amide bonds. The van der Waals surface area contributed by atoms with Crippen molar-refractivity contribution < 1.29 is 4.42 Å². The van der Waals surface area contributed by atoms with Crippen molar-refractivity contribution in [3.8, 4) is 0 Å². The molecule has 23 heavy (non-hydrogen) atoms. The smallest absolute Gasteiger partial charge is 0.372 e. The van der Waals surface area contributed by atoms with Crippen molar-refractivity contribution in [2.45, 2.75) is 46.6 Å². The van der Waals surface area contributed by atoms with Crippen LogP contribution in [0.4, 0.5) is 0 Å². The van der Waals surface area contributed by atoms with E-state index in [1.165, 1.54) is 17.4 Å². The van der Waals surface area contributed by atoms with E-state index in [-0.39, 0.29) is 5.39 Å². The zero-order chi connectivity index (χ0) is 17.4. The van der Waals surface area contributed by atoms with Crippen LogP contribution in [0.1, 0.15) is 40.0 Å². The summed E-state index contributed by atoms with van der Waals surface area (Å²) in [5.41, 5.74) is -0.147. The summed E-state index contributed by atoms with van der Waals surface area (Å²) >= 11 is 9.28. The molecule has 2 aromatic rings. The molecular weight excluding hydrogens is 382 g/mol. The first-order chi connectivity index (χ1) is 10.9. The molecule has 0 unspecified atom stereocenters. The molecule has 1 aromatic carbocycles. The van der Waals surface area contributed by atoms with Gasteiger partial charge < -0.3 is 4.42 Å². The monoisotopic (exact) mass is 403 g/mol. The molecule has 0 aliphatic rings. The SMILES string of the molecule is CC(C)CCn1c(=O)oc(=O)c2c(Cl)cccc21.CCCCBr. The Morgan fingerprint density at radius 3 is 2.52 bits per heavy atom. The molecule has 0 bridgehead atoms. The van der Waals surface area contributed by atoms with Gasteiger partial charge in [0.25, 0.3) is 0 Å². The van der Waals surface area contributed by atoms with Gasteiger partial charge in [0.1, 0.15) is 5.39 Å². The predicted molar refractivity (Wildman–Crippen MR) is 99.9 cm³/mol. The quantitative estimate of drug-likeness (QED) is 0.670. The highest BCUT2D eigenvalue weighted by molar-refractivity contribution is 9.09. The first kappa shape index (κ1) is 20.0. The van der Waals surface area contributed by atoms with Crippen LogP contribution >= 0.6 is 27.5 Å². The summed E-state index contributed by atoms with van der Waals surface area (Å²) in [6, 6.07) is 5.04. The fourth-order valence-electron chi connectivity index (χ4n) is 1.96. The number of hydrogen-bond donors (Lipinski definition) is 0. The molecule has 0 saturated carbocycles. The summed E-state index contributed by atoms with van der Waals surface area (Å²) in [4.78, 5) is 23.4. The van der Waals surface area contributed by atoms with E-state index in [1.54, 1.807) is 18.2 Å².